The normalized spacial score (nSPS) is 15.4. The van der Waals surface area contributed by atoms with E-state index in [-0.39, 0.29) is 5.92 Å². The monoisotopic (exact) mass is 412 g/mol. The third-order valence-electron chi connectivity index (χ3n) is 3.60. The molecule has 0 saturated carbocycles. The molecule has 0 heterocycles. The van der Waals surface area contributed by atoms with Crippen LogP contribution in [-0.2, 0) is 19.7 Å². The highest BCUT2D eigenvalue weighted by Crippen LogP contribution is 2.44. The van der Waals surface area contributed by atoms with Crippen LogP contribution in [0.5, 0.6) is 0 Å². The molecule has 25 heavy (non-hydrogen) atoms. The minimum Gasteiger partial charge on any atom is -0.218 e. The number of rotatable bonds is 5. The molecule has 0 aliphatic heterocycles. The highest BCUT2D eigenvalue weighted by atomic mass is 32.3. The SMILES string of the molecule is CCC(C)c1ccc(C(S(=O)(=O)C(F)(F)F)S(=O)(=O)C(F)(F)F)cc1. The first-order valence-electron chi connectivity index (χ1n) is 6.77. The topological polar surface area (TPSA) is 68.3 Å². The predicted molar refractivity (Wildman–Crippen MR) is 77.8 cm³/mol. The van der Waals surface area contributed by atoms with E-state index < -0.39 is 40.8 Å². The maximum atomic E-state index is 12.7. The molecule has 0 aliphatic rings. The second-order valence-corrected chi connectivity index (χ2v) is 9.64. The summed E-state index contributed by atoms with van der Waals surface area (Å²) in [5.74, 6) is -0.106. The van der Waals surface area contributed by atoms with E-state index >= 15 is 0 Å². The lowest BCUT2D eigenvalue weighted by atomic mass is 9.98. The third-order valence-corrected chi connectivity index (χ3v) is 8.08. The van der Waals surface area contributed by atoms with Gasteiger partial charge in [0.25, 0.3) is 19.7 Å². The van der Waals surface area contributed by atoms with E-state index in [1.165, 1.54) is 0 Å². The minimum absolute atomic E-state index is 0.106. The van der Waals surface area contributed by atoms with E-state index in [1.807, 2.05) is 0 Å². The van der Waals surface area contributed by atoms with Crippen molar-refractivity contribution in [3.8, 4) is 0 Å². The van der Waals surface area contributed by atoms with E-state index in [0.717, 1.165) is 12.1 Å². The summed E-state index contributed by atoms with van der Waals surface area (Å²) in [5, 5.41) is 0. The van der Waals surface area contributed by atoms with Gasteiger partial charge in [0.15, 0.2) is 0 Å². The molecule has 0 N–H and O–H groups in total. The molecule has 0 bridgehead atoms. The minimum atomic E-state index is -6.68. The molecule has 144 valence electrons. The van der Waals surface area contributed by atoms with Crippen LogP contribution in [0.15, 0.2) is 24.3 Å². The van der Waals surface area contributed by atoms with Gasteiger partial charge in [-0.3, -0.25) is 0 Å². The lowest BCUT2D eigenvalue weighted by Gasteiger charge is -2.21. The van der Waals surface area contributed by atoms with Gasteiger partial charge in [0, 0.05) is 0 Å². The van der Waals surface area contributed by atoms with Gasteiger partial charge < -0.3 is 0 Å². The molecular formula is C13H14F6O4S2. The van der Waals surface area contributed by atoms with Crippen molar-refractivity contribution in [3.05, 3.63) is 35.4 Å². The maximum Gasteiger partial charge on any atom is 0.499 e. The standard InChI is InChI=1S/C13H14F6O4S2/c1-3-8(2)9-4-6-10(7-5-9)11(24(20,21)12(14,15)16)25(22,23)13(17,18)19/h4-8,11H,3H2,1-2H3. The molecule has 0 spiro atoms. The van der Waals surface area contributed by atoms with Gasteiger partial charge in [-0.1, -0.05) is 38.1 Å². The van der Waals surface area contributed by atoms with Gasteiger partial charge >= 0.3 is 11.0 Å². The van der Waals surface area contributed by atoms with Crippen LogP contribution in [0.3, 0.4) is 0 Å². The molecule has 4 nitrogen and oxygen atoms in total. The van der Waals surface area contributed by atoms with Crippen LogP contribution in [-0.4, -0.2) is 27.9 Å². The largest absolute Gasteiger partial charge is 0.499 e. The van der Waals surface area contributed by atoms with Gasteiger partial charge in [-0.15, -0.1) is 0 Å². The van der Waals surface area contributed by atoms with Gasteiger partial charge in [-0.25, -0.2) is 16.8 Å². The molecule has 1 aromatic carbocycles. The van der Waals surface area contributed by atoms with Gasteiger partial charge in [0.1, 0.15) is 0 Å². The predicted octanol–water partition coefficient (Wildman–Crippen LogP) is 4.07. The van der Waals surface area contributed by atoms with E-state index in [4.69, 9.17) is 0 Å². The number of halogens is 6. The summed E-state index contributed by atoms with van der Waals surface area (Å²) in [4.78, 5) is 0. The van der Waals surface area contributed by atoms with Crippen molar-refractivity contribution in [1.82, 2.24) is 0 Å². The molecule has 0 radical (unpaired) electrons. The van der Waals surface area contributed by atoms with E-state index in [2.05, 4.69) is 0 Å². The van der Waals surface area contributed by atoms with Crippen LogP contribution >= 0.6 is 0 Å². The molecule has 0 saturated heterocycles. The molecule has 1 atom stereocenters. The van der Waals surface area contributed by atoms with Crippen LogP contribution in [0.2, 0.25) is 0 Å². The fourth-order valence-corrected chi connectivity index (χ4v) is 5.49. The molecule has 1 aromatic rings. The van der Waals surface area contributed by atoms with Gasteiger partial charge in [-0.05, 0) is 23.5 Å². The van der Waals surface area contributed by atoms with Crippen molar-refractivity contribution in [1.29, 1.82) is 0 Å². The number of alkyl halides is 6. The summed E-state index contributed by atoms with van der Waals surface area (Å²) in [5.41, 5.74) is -13.0. The van der Waals surface area contributed by atoms with Crippen LogP contribution in [0.25, 0.3) is 0 Å². The highest BCUT2D eigenvalue weighted by molar-refractivity contribution is 8.09. The van der Waals surface area contributed by atoms with Crippen LogP contribution in [0.4, 0.5) is 26.3 Å². The molecule has 1 rings (SSSR count). The lowest BCUT2D eigenvalue weighted by Crippen LogP contribution is -2.39. The van der Waals surface area contributed by atoms with Gasteiger partial charge in [0.2, 0.25) is 4.58 Å². The lowest BCUT2D eigenvalue weighted by molar-refractivity contribution is -0.0472. The number of hydrogen-bond acceptors (Lipinski definition) is 4. The van der Waals surface area contributed by atoms with Gasteiger partial charge in [0.05, 0.1) is 0 Å². The summed E-state index contributed by atoms with van der Waals surface area (Å²) >= 11 is 0. The highest BCUT2D eigenvalue weighted by Gasteiger charge is 2.63. The molecule has 0 amide bonds. The van der Waals surface area contributed by atoms with Crippen molar-refractivity contribution >= 4 is 19.7 Å². The first kappa shape index (κ1) is 21.7. The van der Waals surface area contributed by atoms with E-state index in [9.17, 15) is 43.2 Å². The van der Waals surface area contributed by atoms with Crippen molar-refractivity contribution < 1.29 is 43.2 Å². The first-order valence-corrected chi connectivity index (χ1v) is 9.86. The zero-order valence-corrected chi connectivity index (χ0v) is 14.5. The Bertz CT molecular complexity index is 764. The average Bonchev–Trinajstić information content (AvgIpc) is 2.44. The third kappa shape index (κ3) is 4.10. The van der Waals surface area contributed by atoms with Crippen LogP contribution in [0, 0.1) is 0 Å². The second-order valence-electron chi connectivity index (χ2n) is 5.29. The van der Waals surface area contributed by atoms with Crippen molar-refractivity contribution in [2.24, 2.45) is 0 Å². The van der Waals surface area contributed by atoms with E-state index in [0.29, 0.717) is 24.1 Å². The van der Waals surface area contributed by atoms with Gasteiger partial charge in [-0.2, -0.15) is 26.3 Å². The van der Waals surface area contributed by atoms with Crippen LogP contribution < -0.4 is 0 Å². The number of benzene rings is 1. The fraction of sp³-hybridized carbons (Fsp3) is 0.538. The molecule has 12 heteroatoms. The molecule has 0 aromatic heterocycles. The van der Waals surface area contributed by atoms with Crippen molar-refractivity contribution in [3.63, 3.8) is 0 Å². The Hall–Kier alpha value is -1.30. The Morgan fingerprint density at radius 2 is 1.12 bits per heavy atom. The summed E-state index contributed by atoms with van der Waals surface area (Å²) in [6.45, 7) is 3.51. The fourth-order valence-electron chi connectivity index (χ4n) is 1.99. The smallest absolute Gasteiger partial charge is 0.218 e. The van der Waals surface area contributed by atoms with Crippen LogP contribution in [0.1, 0.15) is 41.9 Å². The molecule has 0 aliphatic carbocycles. The Morgan fingerprint density at radius 3 is 1.40 bits per heavy atom. The summed E-state index contributed by atoms with van der Waals surface area (Å²) in [6.07, 6.45) is 0.602. The van der Waals surface area contributed by atoms with E-state index in [1.54, 1.807) is 13.8 Å². The van der Waals surface area contributed by atoms with Crippen molar-refractivity contribution in [2.45, 2.75) is 41.8 Å². The zero-order chi connectivity index (χ0) is 19.8. The average molecular weight is 412 g/mol. The Morgan fingerprint density at radius 1 is 0.800 bits per heavy atom. The quantitative estimate of drug-likeness (QED) is 0.684. The first-order chi connectivity index (χ1) is 11.1. The Kier molecular flexibility index (Phi) is 5.90. The zero-order valence-electron chi connectivity index (χ0n) is 12.9. The summed E-state index contributed by atoms with van der Waals surface area (Å²) < 4.78 is 119. The number of sulfone groups is 2. The molecule has 0 fully saturated rings. The Balaban J connectivity index is 3.66. The van der Waals surface area contributed by atoms with Crippen molar-refractivity contribution in [2.75, 3.05) is 0 Å². The summed E-state index contributed by atoms with van der Waals surface area (Å²) in [7, 11) is -13.4. The number of hydrogen-bond donors (Lipinski definition) is 0. The Labute approximate surface area is 140 Å². The summed E-state index contributed by atoms with van der Waals surface area (Å²) in [6, 6.07) is 3.51. The maximum absolute atomic E-state index is 12.7. The second kappa shape index (κ2) is 6.78. The molecular weight excluding hydrogens is 398 g/mol. The molecule has 1 unspecified atom stereocenters.